The lowest BCUT2D eigenvalue weighted by Gasteiger charge is -2.13. The molecule has 0 bridgehead atoms. The Hall–Kier alpha value is -1.18. The van der Waals surface area contributed by atoms with Crippen LogP contribution in [0.15, 0.2) is 42.5 Å². The molecule has 0 amide bonds. The minimum Gasteiger partial charge on any atom is -0.496 e. The molecular weight excluding hydrogens is 279 g/mol. The third kappa shape index (κ3) is 3.65. The summed E-state index contributed by atoms with van der Waals surface area (Å²) in [5, 5.41) is 0.669. The summed E-state index contributed by atoms with van der Waals surface area (Å²) >= 11 is 12.3. The highest BCUT2D eigenvalue weighted by Gasteiger charge is 2.11. The highest BCUT2D eigenvalue weighted by atomic mass is 35.5. The molecule has 0 saturated heterocycles. The second-order valence-electron chi connectivity index (χ2n) is 4.53. The largest absolute Gasteiger partial charge is 0.496 e. The van der Waals surface area contributed by atoms with E-state index in [1.807, 2.05) is 49.4 Å². The quantitative estimate of drug-likeness (QED) is 0.706. The van der Waals surface area contributed by atoms with Gasteiger partial charge in [-0.3, -0.25) is 0 Å². The summed E-state index contributed by atoms with van der Waals surface area (Å²) in [5.74, 6) is 0.874. The van der Waals surface area contributed by atoms with E-state index in [1.165, 1.54) is 5.56 Å². The average molecular weight is 295 g/mol. The number of benzene rings is 2. The van der Waals surface area contributed by atoms with Crippen LogP contribution in [0.1, 0.15) is 22.1 Å². The molecule has 0 aliphatic rings. The molecule has 100 valence electrons. The Morgan fingerprint density at radius 1 is 1.11 bits per heavy atom. The highest BCUT2D eigenvalue weighted by molar-refractivity contribution is 6.30. The Bertz CT molecular complexity index is 549. The molecular formula is C16H16Cl2O. The zero-order valence-corrected chi connectivity index (χ0v) is 12.5. The molecule has 1 atom stereocenters. The van der Waals surface area contributed by atoms with Crippen LogP contribution in [0.3, 0.4) is 0 Å². The molecule has 0 aromatic heterocycles. The molecule has 1 unspecified atom stereocenters. The molecule has 0 aliphatic heterocycles. The summed E-state index contributed by atoms with van der Waals surface area (Å²) in [7, 11) is 1.68. The predicted molar refractivity (Wildman–Crippen MR) is 81.5 cm³/mol. The molecule has 19 heavy (non-hydrogen) atoms. The van der Waals surface area contributed by atoms with Crippen molar-refractivity contribution in [2.45, 2.75) is 18.7 Å². The molecule has 0 saturated carbocycles. The summed E-state index contributed by atoms with van der Waals surface area (Å²) in [6.07, 6.45) is 0.769. The maximum atomic E-state index is 6.47. The molecule has 2 aromatic carbocycles. The van der Waals surface area contributed by atoms with Crippen molar-refractivity contribution < 1.29 is 4.74 Å². The molecule has 0 N–H and O–H groups in total. The van der Waals surface area contributed by atoms with Gasteiger partial charge in [-0.15, -0.1) is 11.6 Å². The van der Waals surface area contributed by atoms with E-state index in [0.717, 1.165) is 28.3 Å². The minimum absolute atomic E-state index is 0.0734. The van der Waals surface area contributed by atoms with Crippen LogP contribution in [-0.4, -0.2) is 7.11 Å². The number of halogens is 2. The Kier molecular flexibility index (Phi) is 4.73. The van der Waals surface area contributed by atoms with Gasteiger partial charge in [-0.25, -0.2) is 0 Å². The number of hydrogen-bond donors (Lipinski definition) is 0. The van der Waals surface area contributed by atoms with E-state index < -0.39 is 0 Å². The van der Waals surface area contributed by atoms with E-state index in [4.69, 9.17) is 27.9 Å². The second-order valence-corrected chi connectivity index (χ2v) is 5.49. The van der Waals surface area contributed by atoms with Gasteiger partial charge in [0.1, 0.15) is 5.75 Å². The van der Waals surface area contributed by atoms with Crippen molar-refractivity contribution in [1.29, 1.82) is 0 Å². The van der Waals surface area contributed by atoms with Crippen LogP contribution in [0.4, 0.5) is 0 Å². The van der Waals surface area contributed by atoms with Crippen molar-refractivity contribution in [3.05, 3.63) is 64.2 Å². The number of rotatable bonds is 4. The molecule has 0 radical (unpaired) electrons. The molecule has 3 heteroatoms. The Labute approximate surface area is 124 Å². The van der Waals surface area contributed by atoms with Gasteiger partial charge in [-0.05, 0) is 48.2 Å². The summed E-state index contributed by atoms with van der Waals surface area (Å²) in [6.45, 7) is 2.02. The van der Waals surface area contributed by atoms with Crippen LogP contribution < -0.4 is 4.74 Å². The van der Waals surface area contributed by atoms with Gasteiger partial charge >= 0.3 is 0 Å². The normalized spacial score (nSPS) is 12.2. The van der Waals surface area contributed by atoms with Crippen LogP contribution in [0.2, 0.25) is 5.02 Å². The van der Waals surface area contributed by atoms with Gasteiger partial charge in [0.25, 0.3) is 0 Å². The molecule has 1 nitrogen and oxygen atoms in total. The fraction of sp³-hybridized carbons (Fsp3) is 0.250. The van der Waals surface area contributed by atoms with Gasteiger partial charge in [0, 0.05) is 5.02 Å². The first-order valence-electron chi connectivity index (χ1n) is 6.13. The van der Waals surface area contributed by atoms with Crippen molar-refractivity contribution in [2.24, 2.45) is 0 Å². The fourth-order valence-corrected chi connectivity index (χ4v) is 2.42. The van der Waals surface area contributed by atoms with Crippen molar-refractivity contribution in [1.82, 2.24) is 0 Å². The molecule has 0 heterocycles. The van der Waals surface area contributed by atoms with Crippen molar-refractivity contribution in [3.8, 4) is 5.75 Å². The smallest absolute Gasteiger partial charge is 0.122 e. The summed E-state index contributed by atoms with van der Waals surface area (Å²) in [5.41, 5.74) is 3.35. The van der Waals surface area contributed by atoms with Gasteiger partial charge in [0.2, 0.25) is 0 Å². The average Bonchev–Trinajstić information content (AvgIpc) is 2.42. The van der Waals surface area contributed by atoms with E-state index in [-0.39, 0.29) is 5.38 Å². The van der Waals surface area contributed by atoms with E-state index in [1.54, 1.807) is 7.11 Å². The van der Waals surface area contributed by atoms with Crippen LogP contribution in [-0.2, 0) is 6.42 Å². The highest BCUT2D eigenvalue weighted by Crippen LogP contribution is 2.29. The Morgan fingerprint density at radius 3 is 2.42 bits per heavy atom. The van der Waals surface area contributed by atoms with E-state index in [2.05, 4.69) is 0 Å². The molecule has 0 spiro atoms. The zero-order chi connectivity index (χ0) is 13.8. The lowest BCUT2D eigenvalue weighted by Crippen LogP contribution is -1.97. The van der Waals surface area contributed by atoms with E-state index >= 15 is 0 Å². The molecule has 0 fully saturated rings. The fourth-order valence-electron chi connectivity index (χ4n) is 1.98. The minimum atomic E-state index is -0.0734. The van der Waals surface area contributed by atoms with Gasteiger partial charge in [0.05, 0.1) is 12.5 Å². The zero-order valence-electron chi connectivity index (χ0n) is 11.0. The van der Waals surface area contributed by atoms with Crippen LogP contribution in [0, 0.1) is 6.92 Å². The van der Waals surface area contributed by atoms with Crippen LogP contribution >= 0.6 is 23.2 Å². The number of methoxy groups -OCH3 is 1. The summed E-state index contributed by atoms with van der Waals surface area (Å²) in [6, 6.07) is 13.9. The van der Waals surface area contributed by atoms with Gasteiger partial charge in [-0.2, -0.15) is 0 Å². The second kappa shape index (κ2) is 6.31. The summed E-state index contributed by atoms with van der Waals surface area (Å²) < 4.78 is 5.33. The monoisotopic (exact) mass is 294 g/mol. The number of ether oxygens (including phenoxy) is 1. The Morgan fingerprint density at radius 2 is 1.79 bits per heavy atom. The van der Waals surface area contributed by atoms with Gasteiger partial charge in [-0.1, -0.05) is 35.9 Å². The third-order valence-electron chi connectivity index (χ3n) is 3.12. The lowest BCUT2D eigenvalue weighted by molar-refractivity contribution is 0.411. The maximum absolute atomic E-state index is 6.47. The number of aryl methyl sites for hydroxylation is 1. The van der Waals surface area contributed by atoms with Gasteiger partial charge < -0.3 is 4.74 Å². The Balaban J connectivity index is 2.15. The van der Waals surface area contributed by atoms with Crippen LogP contribution in [0.25, 0.3) is 0 Å². The maximum Gasteiger partial charge on any atom is 0.122 e. The lowest BCUT2D eigenvalue weighted by atomic mass is 10.0. The van der Waals surface area contributed by atoms with E-state index in [0.29, 0.717) is 0 Å². The summed E-state index contributed by atoms with van der Waals surface area (Å²) in [4.78, 5) is 0. The van der Waals surface area contributed by atoms with Crippen LogP contribution in [0.5, 0.6) is 5.75 Å². The third-order valence-corrected chi connectivity index (χ3v) is 3.78. The number of hydrogen-bond acceptors (Lipinski definition) is 1. The number of alkyl halides is 1. The van der Waals surface area contributed by atoms with Crippen molar-refractivity contribution >= 4 is 23.2 Å². The molecule has 0 aliphatic carbocycles. The first-order chi connectivity index (χ1) is 9.10. The van der Waals surface area contributed by atoms with Crippen molar-refractivity contribution in [3.63, 3.8) is 0 Å². The van der Waals surface area contributed by atoms with Gasteiger partial charge in [0.15, 0.2) is 0 Å². The predicted octanol–water partition coefficient (Wildman–Crippen LogP) is 5.18. The SMILES string of the molecule is COc1cc(C(Cl)Cc2ccc(Cl)cc2)ccc1C. The molecule has 2 aromatic rings. The first-order valence-corrected chi connectivity index (χ1v) is 6.94. The standard InChI is InChI=1S/C16H16Cl2O/c1-11-3-6-13(10-16(11)19-2)15(18)9-12-4-7-14(17)8-5-12/h3-8,10,15H,9H2,1-2H3. The topological polar surface area (TPSA) is 9.23 Å². The van der Waals surface area contributed by atoms with Crippen molar-refractivity contribution in [2.75, 3.05) is 7.11 Å². The van der Waals surface area contributed by atoms with E-state index in [9.17, 15) is 0 Å². The molecule has 2 rings (SSSR count). The first kappa shape index (κ1) is 14.2.